The number of urea groups is 1. The quantitative estimate of drug-likeness (QED) is 0.730. The summed E-state index contributed by atoms with van der Waals surface area (Å²) in [7, 11) is 1.62. The first-order valence-corrected chi connectivity index (χ1v) is 5.50. The van der Waals surface area contributed by atoms with Crippen molar-refractivity contribution in [2.75, 3.05) is 13.7 Å². The lowest BCUT2D eigenvalue weighted by atomic mass is 10.0. The average Bonchev–Trinajstić information content (AvgIpc) is 2.84. The SMILES string of the molecule is CN1C(=O)NC(=O)C1c1ccc2c(c1)CCO2. The Balaban J connectivity index is 1.99. The number of ether oxygens (including phenoxy) is 1. The molecule has 0 bridgehead atoms. The van der Waals surface area contributed by atoms with Crippen LogP contribution < -0.4 is 10.1 Å². The van der Waals surface area contributed by atoms with Crippen molar-refractivity contribution in [1.82, 2.24) is 10.2 Å². The zero-order valence-corrected chi connectivity index (χ0v) is 9.40. The van der Waals surface area contributed by atoms with Gasteiger partial charge in [0.2, 0.25) is 0 Å². The molecule has 0 aromatic heterocycles. The molecule has 3 amide bonds. The molecule has 1 atom stereocenters. The topological polar surface area (TPSA) is 58.6 Å². The van der Waals surface area contributed by atoms with Crippen molar-refractivity contribution >= 4 is 11.9 Å². The Labute approximate surface area is 98.4 Å². The van der Waals surface area contributed by atoms with E-state index in [2.05, 4.69) is 5.32 Å². The monoisotopic (exact) mass is 232 g/mol. The number of benzene rings is 1. The molecule has 88 valence electrons. The Morgan fingerprint density at radius 3 is 2.94 bits per heavy atom. The van der Waals surface area contributed by atoms with E-state index in [0.29, 0.717) is 6.61 Å². The van der Waals surface area contributed by atoms with Crippen LogP contribution in [0.15, 0.2) is 18.2 Å². The predicted octanol–water partition coefficient (Wildman–Crippen LogP) is 0.844. The number of hydrogen-bond acceptors (Lipinski definition) is 3. The average molecular weight is 232 g/mol. The minimum absolute atomic E-state index is 0.267. The van der Waals surface area contributed by atoms with E-state index < -0.39 is 6.04 Å². The van der Waals surface area contributed by atoms with Gasteiger partial charge >= 0.3 is 6.03 Å². The molecule has 17 heavy (non-hydrogen) atoms. The summed E-state index contributed by atoms with van der Waals surface area (Å²) in [5, 5.41) is 2.30. The fourth-order valence-corrected chi connectivity index (χ4v) is 2.31. The Bertz CT molecular complexity index is 512. The summed E-state index contributed by atoms with van der Waals surface area (Å²) in [4.78, 5) is 24.5. The Morgan fingerprint density at radius 2 is 2.24 bits per heavy atom. The minimum atomic E-state index is -0.520. The number of rotatable bonds is 1. The molecule has 3 rings (SSSR count). The van der Waals surface area contributed by atoms with E-state index in [9.17, 15) is 9.59 Å². The van der Waals surface area contributed by atoms with E-state index in [4.69, 9.17) is 4.74 Å². The van der Waals surface area contributed by atoms with Gasteiger partial charge < -0.3 is 9.64 Å². The largest absolute Gasteiger partial charge is 0.493 e. The smallest absolute Gasteiger partial charge is 0.324 e. The van der Waals surface area contributed by atoms with Gasteiger partial charge in [-0.3, -0.25) is 10.1 Å². The second-order valence-electron chi connectivity index (χ2n) is 4.27. The molecular weight excluding hydrogens is 220 g/mol. The van der Waals surface area contributed by atoms with Crippen molar-refractivity contribution in [3.05, 3.63) is 29.3 Å². The summed E-state index contributed by atoms with van der Waals surface area (Å²) in [6, 6.07) is 4.78. The summed E-state index contributed by atoms with van der Waals surface area (Å²) in [5.74, 6) is 0.609. The number of carbonyl (C=O) groups excluding carboxylic acids is 2. The van der Waals surface area contributed by atoms with Crippen molar-refractivity contribution < 1.29 is 14.3 Å². The third-order valence-corrected chi connectivity index (χ3v) is 3.22. The molecule has 5 heteroatoms. The van der Waals surface area contributed by atoms with Crippen molar-refractivity contribution in [3.63, 3.8) is 0 Å². The fourth-order valence-electron chi connectivity index (χ4n) is 2.31. The lowest BCUT2D eigenvalue weighted by molar-refractivity contribution is -0.121. The molecule has 1 saturated heterocycles. The zero-order valence-electron chi connectivity index (χ0n) is 9.40. The molecule has 0 radical (unpaired) electrons. The van der Waals surface area contributed by atoms with E-state index in [1.54, 1.807) is 7.05 Å². The van der Waals surface area contributed by atoms with Gasteiger partial charge in [-0.2, -0.15) is 0 Å². The number of fused-ring (bicyclic) bond motifs is 1. The Kier molecular flexibility index (Phi) is 2.07. The maximum atomic E-state index is 11.7. The zero-order chi connectivity index (χ0) is 12.0. The highest BCUT2D eigenvalue weighted by molar-refractivity contribution is 6.04. The van der Waals surface area contributed by atoms with Crippen molar-refractivity contribution in [2.45, 2.75) is 12.5 Å². The highest BCUT2D eigenvalue weighted by Gasteiger charge is 2.37. The van der Waals surface area contributed by atoms with Gasteiger partial charge in [0.05, 0.1) is 6.61 Å². The summed E-state index contributed by atoms with van der Waals surface area (Å²) < 4.78 is 5.41. The summed E-state index contributed by atoms with van der Waals surface area (Å²) >= 11 is 0. The van der Waals surface area contributed by atoms with Crippen LogP contribution in [-0.4, -0.2) is 30.5 Å². The van der Waals surface area contributed by atoms with Gasteiger partial charge in [-0.05, 0) is 23.3 Å². The summed E-state index contributed by atoms with van der Waals surface area (Å²) in [6.07, 6.45) is 0.856. The number of imide groups is 1. The molecule has 0 spiro atoms. The van der Waals surface area contributed by atoms with Gasteiger partial charge in [0.1, 0.15) is 11.8 Å². The standard InChI is InChI=1S/C12H12N2O3/c1-14-10(11(15)13-12(14)16)8-2-3-9-7(6-8)4-5-17-9/h2-3,6,10H,4-5H2,1H3,(H,13,15,16). The highest BCUT2D eigenvalue weighted by atomic mass is 16.5. The molecule has 1 aromatic carbocycles. The third-order valence-electron chi connectivity index (χ3n) is 3.22. The number of nitrogens with one attached hydrogen (secondary N) is 1. The molecule has 1 fully saturated rings. The maximum absolute atomic E-state index is 11.7. The molecule has 5 nitrogen and oxygen atoms in total. The molecule has 0 saturated carbocycles. The van der Waals surface area contributed by atoms with Crippen LogP contribution in [0.4, 0.5) is 4.79 Å². The van der Waals surface area contributed by atoms with Gasteiger partial charge in [0.15, 0.2) is 0 Å². The van der Waals surface area contributed by atoms with Crippen molar-refractivity contribution in [2.24, 2.45) is 0 Å². The Morgan fingerprint density at radius 1 is 1.41 bits per heavy atom. The molecule has 2 aliphatic heterocycles. The molecule has 0 aliphatic carbocycles. The second kappa shape index (κ2) is 3.48. The van der Waals surface area contributed by atoms with Gasteiger partial charge in [-0.25, -0.2) is 4.79 Å². The van der Waals surface area contributed by atoms with Crippen LogP contribution in [0.2, 0.25) is 0 Å². The van der Waals surface area contributed by atoms with E-state index in [0.717, 1.165) is 23.3 Å². The van der Waals surface area contributed by atoms with E-state index >= 15 is 0 Å². The molecular formula is C12H12N2O3. The highest BCUT2D eigenvalue weighted by Crippen LogP contribution is 2.31. The first-order valence-electron chi connectivity index (χ1n) is 5.50. The molecule has 1 unspecified atom stereocenters. The van der Waals surface area contributed by atoms with Crippen molar-refractivity contribution in [3.8, 4) is 5.75 Å². The summed E-state index contributed by atoms with van der Waals surface area (Å²) in [6.45, 7) is 0.685. The number of carbonyl (C=O) groups is 2. The van der Waals surface area contributed by atoms with Crippen LogP contribution in [0.3, 0.4) is 0 Å². The first-order chi connectivity index (χ1) is 8.16. The third kappa shape index (κ3) is 1.46. The van der Waals surface area contributed by atoms with E-state index in [-0.39, 0.29) is 11.9 Å². The van der Waals surface area contributed by atoms with Crippen LogP contribution in [0.25, 0.3) is 0 Å². The van der Waals surface area contributed by atoms with Crippen LogP contribution in [-0.2, 0) is 11.2 Å². The van der Waals surface area contributed by atoms with Gasteiger partial charge in [-0.15, -0.1) is 0 Å². The van der Waals surface area contributed by atoms with E-state index in [1.165, 1.54) is 4.90 Å². The van der Waals surface area contributed by atoms with E-state index in [1.807, 2.05) is 18.2 Å². The maximum Gasteiger partial charge on any atom is 0.324 e. The summed E-state index contributed by atoms with van der Waals surface area (Å²) in [5.41, 5.74) is 1.93. The van der Waals surface area contributed by atoms with Gasteiger partial charge in [0.25, 0.3) is 5.91 Å². The van der Waals surface area contributed by atoms with Crippen LogP contribution in [0, 0.1) is 0 Å². The molecule has 2 heterocycles. The number of likely N-dealkylation sites (N-methyl/N-ethyl adjacent to an activating group) is 1. The lowest BCUT2D eigenvalue weighted by Crippen LogP contribution is -2.25. The first kappa shape index (κ1) is 10.1. The Hall–Kier alpha value is -2.04. The number of nitrogens with zero attached hydrogens (tertiary/aromatic N) is 1. The number of hydrogen-bond donors (Lipinski definition) is 1. The van der Waals surface area contributed by atoms with Crippen LogP contribution in [0.1, 0.15) is 17.2 Å². The minimum Gasteiger partial charge on any atom is -0.493 e. The van der Waals surface area contributed by atoms with Crippen LogP contribution >= 0.6 is 0 Å². The number of amides is 3. The fraction of sp³-hybridized carbons (Fsp3) is 0.333. The lowest BCUT2D eigenvalue weighted by Gasteiger charge is -2.17. The second-order valence-corrected chi connectivity index (χ2v) is 4.27. The van der Waals surface area contributed by atoms with Crippen LogP contribution in [0.5, 0.6) is 5.75 Å². The van der Waals surface area contributed by atoms with Gasteiger partial charge in [-0.1, -0.05) is 6.07 Å². The molecule has 2 aliphatic rings. The van der Waals surface area contributed by atoms with Crippen molar-refractivity contribution in [1.29, 1.82) is 0 Å². The normalized spacial score (nSPS) is 22.4. The molecule has 1 aromatic rings. The molecule has 1 N–H and O–H groups in total. The predicted molar refractivity (Wildman–Crippen MR) is 59.7 cm³/mol. The van der Waals surface area contributed by atoms with Gasteiger partial charge in [0, 0.05) is 13.5 Å².